The number of nitrogens with one attached hydrogen (secondary N) is 2. The second-order valence-electron chi connectivity index (χ2n) is 5.76. The van der Waals surface area contributed by atoms with Gasteiger partial charge in [-0.05, 0) is 36.8 Å². The van der Waals surface area contributed by atoms with Crippen molar-refractivity contribution in [3.63, 3.8) is 0 Å². The molecule has 0 bridgehead atoms. The van der Waals surface area contributed by atoms with E-state index in [2.05, 4.69) is 15.6 Å². The van der Waals surface area contributed by atoms with E-state index < -0.39 is 27.4 Å². The number of nitrogens with zero attached hydrogens (tertiary/aromatic N) is 1. The van der Waals surface area contributed by atoms with E-state index in [0.717, 1.165) is 12.1 Å². The van der Waals surface area contributed by atoms with Gasteiger partial charge in [0.05, 0.1) is 23.4 Å². The number of anilines is 2. The van der Waals surface area contributed by atoms with Crippen LogP contribution in [0.4, 0.5) is 20.3 Å². The highest BCUT2D eigenvalue weighted by molar-refractivity contribution is 7.91. The van der Waals surface area contributed by atoms with Crippen LogP contribution in [0.5, 0.6) is 0 Å². The third kappa shape index (κ3) is 4.30. The van der Waals surface area contributed by atoms with Crippen LogP contribution in [0.15, 0.2) is 36.5 Å². The average Bonchev–Trinajstić information content (AvgIpc) is 2.90. The quantitative estimate of drug-likeness (QED) is 0.865. The minimum absolute atomic E-state index is 0.0286. The van der Waals surface area contributed by atoms with Gasteiger partial charge in [0, 0.05) is 11.6 Å². The molecule has 1 saturated heterocycles. The second kappa shape index (κ2) is 6.75. The van der Waals surface area contributed by atoms with Gasteiger partial charge in [-0.1, -0.05) is 0 Å². The smallest absolute Gasteiger partial charge is 0.256 e. The maximum atomic E-state index is 13.2. The molecule has 1 aliphatic heterocycles. The van der Waals surface area contributed by atoms with Crippen molar-refractivity contribution in [2.45, 2.75) is 12.5 Å². The first-order chi connectivity index (χ1) is 11.8. The zero-order chi connectivity index (χ0) is 18.0. The number of sulfone groups is 1. The standard InChI is InChI=1S/C16H15F2N3O3S/c17-13-3-1-10(7-14(13)18)16(22)21-15-4-2-11(8-19-15)20-12-5-6-25(23,24)9-12/h1-4,7-8,12,20H,5-6,9H2,(H,19,21,22). The highest BCUT2D eigenvalue weighted by atomic mass is 32.2. The van der Waals surface area contributed by atoms with Crippen LogP contribution in [-0.2, 0) is 9.84 Å². The predicted octanol–water partition coefficient (Wildman–Crippen LogP) is 2.21. The minimum Gasteiger partial charge on any atom is -0.380 e. The Bertz CT molecular complexity index is 901. The molecule has 0 aliphatic carbocycles. The molecule has 1 aliphatic rings. The molecule has 9 heteroatoms. The summed E-state index contributed by atoms with van der Waals surface area (Å²) in [6.45, 7) is 0. The summed E-state index contributed by atoms with van der Waals surface area (Å²) in [7, 11) is -2.97. The molecule has 0 spiro atoms. The van der Waals surface area contributed by atoms with Crippen LogP contribution in [0, 0.1) is 11.6 Å². The molecule has 3 rings (SSSR count). The van der Waals surface area contributed by atoms with Gasteiger partial charge < -0.3 is 10.6 Å². The molecular weight excluding hydrogens is 352 g/mol. The first-order valence-corrected chi connectivity index (χ1v) is 9.34. The Balaban J connectivity index is 1.62. The van der Waals surface area contributed by atoms with Gasteiger partial charge in [-0.2, -0.15) is 0 Å². The summed E-state index contributed by atoms with van der Waals surface area (Å²) >= 11 is 0. The molecule has 2 aromatic rings. The Kier molecular flexibility index (Phi) is 4.67. The fraction of sp³-hybridized carbons (Fsp3) is 0.250. The van der Waals surface area contributed by atoms with E-state index >= 15 is 0 Å². The van der Waals surface area contributed by atoms with Crippen molar-refractivity contribution < 1.29 is 22.0 Å². The fourth-order valence-corrected chi connectivity index (χ4v) is 4.20. The zero-order valence-electron chi connectivity index (χ0n) is 13.0. The summed E-state index contributed by atoms with van der Waals surface area (Å²) in [5.41, 5.74) is 0.604. The van der Waals surface area contributed by atoms with Crippen LogP contribution in [0.2, 0.25) is 0 Å². The largest absolute Gasteiger partial charge is 0.380 e. The number of carbonyl (C=O) groups excluding carboxylic acids is 1. The van der Waals surface area contributed by atoms with E-state index in [1.54, 1.807) is 6.07 Å². The molecule has 1 amide bonds. The monoisotopic (exact) mass is 367 g/mol. The summed E-state index contributed by atoms with van der Waals surface area (Å²) < 4.78 is 48.9. The first-order valence-electron chi connectivity index (χ1n) is 7.52. The molecule has 6 nitrogen and oxygen atoms in total. The van der Waals surface area contributed by atoms with Crippen molar-refractivity contribution in [2.75, 3.05) is 22.1 Å². The van der Waals surface area contributed by atoms with Crippen molar-refractivity contribution in [1.82, 2.24) is 4.98 Å². The van der Waals surface area contributed by atoms with Gasteiger partial charge in [0.25, 0.3) is 5.91 Å². The van der Waals surface area contributed by atoms with Gasteiger partial charge >= 0.3 is 0 Å². The number of carbonyl (C=O) groups is 1. The first kappa shape index (κ1) is 17.3. The van der Waals surface area contributed by atoms with Gasteiger partial charge in [-0.25, -0.2) is 22.2 Å². The fourth-order valence-electron chi connectivity index (χ4n) is 2.52. The average molecular weight is 367 g/mol. The summed E-state index contributed by atoms with van der Waals surface area (Å²) in [6, 6.07) is 5.88. The van der Waals surface area contributed by atoms with Crippen LogP contribution in [0.1, 0.15) is 16.8 Å². The zero-order valence-corrected chi connectivity index (χ0v) is 13.8. The maximum Gasteiger partial charge on any atom is 0.256 e. The lowest BCUT2D eigenvalue weighted by Crippen LogP contribution is -2.20. The number of hydrogen-bond donors (Lipinski definition) is 2. The van der Waals surface area contributed by atoms with Crippen molar-refractivity contribution in [2.24, 2.45) is 0 Å². The number of rotatable bonds is 4. The Labute approximate surface area is 143 Å². The lowest BCUT2D eigenvalue weighted by Gasteiger charge is -2.12. The number of hydrogen-bond acceptors (Lipinski definition) is 5. The number of pyridine rings is 1. The third-order valence-electron chi connectivity index (χ3n) is 3.79. The molecule has 0 radical (unpaired) electrons. The van der Waals surface area contributed by atoms with Crippen molar-refractivity contribution >= 4 is 27.2 Å². The molecule has 1 unspecified atom stereocenters. The van der Waals surface area contributed by atoms with E-state index in [9.17, 15) is 22.0 Å². The molecular formula is C16H15F2N3O3S. The second-order valence-corrected chi connectivity index (χ2v) is 7.99. The molecule has 132 valence electrons. The van der Waals surface area contributed by atoms with Gasteiger partial charge in [0.1, 0.15) is 5.82 Å². The lowest BCUT2D eigenvalue weighted by atomic mass is 10.2. The number of benzene rings is 1. The summed E-state index contributed by atoms with van der Waals surface area (Å²) in [4.78, 5) is 16.0. The SMILES string of the molecule is O=C(Nc1ccc(NC2CCS(=O)(=O)C2)cn1)c1ccc(F)c(F)c1. The Morgan fingerprint density at radius 2 is 1.96 bits per heavy atom. The maximum absolute atomic E-state index is 13.2. The van der Waals surface area contributed by atoms with Gasteiger partial charge in [-0.15, -0.1) is 0 Å². The van der Waals surface area contributed by atoms with Crippen molar-refractivity contribution in [1.29, 1.82) is 0 Å². The normalized spacial score (nSPS) is 18.7. The van der Waals surface area contributed by atoms with Crippen LogP contribution in [0.25, 0.3) is 0 Å². The highest BCUT2D eigenvalue weighted by Crippen LogP contribution is 2.18. The third-order valence-corrected chi connectivity index (χ3v) is 5.56. The number of halogens is 2. The van der Waals surface area contributed by atoms with Crippen LogP contribution in [0.3, 0.4) is 0 Å². The van der Waals surface area contributed by atoms with Crippen LogP contribution < -0.4 is 10.6 Å². The molecule has 1 aromatic heterocycles. The van der Waals surface area contributed by atoms with E-state index in [0.29, 0.717) is 12.1 Å². The topological polar surface area (TPSA) is 88.2 Å². The molecule has 1 fully saturated rings. The van der Waals surface area contributed by atoms with Crippen LogP contribution in [-0.4, -0.2) is 36.9 Å². The summed E-state index contributed by atoms with van der Waals surface area (Å²) in [6.07, 6.45) is 2.00. The van der Waals surface area contributed by atoms with E-state index in [1.807, 2.05) is 0 Å². The van der Waals surface area contributed by atoms with Crippen molar-refractivity contribution in [3.8, 4) is 0 Å². The lowest BCUT2D eigenvalue weighted by molar-refractivity contribution is 0.102. The number of aromatic nitrogens is 1. The molecule has 1 atom stereocenters. The van der Waals surface area contributed by atoms with Gasteiger partial charge in [0.15, 0.2) is 21.5 Å². The Hall–Kier alpha value is -2.55. The minimum atomic E-state index is -2.97. The predicted molar refractivity (Wildman–Crippen MR) is 89.2 cm³/mol. The molecule has 0 saturated carbocycles. The summed E-state index contributed by atoms with van der Waals surface area (Å²) in [5.74, 6) is -2.26. The molecule has 2 heterocycles. The molecule has 2 N–H and O–H groups in total. The Morgan fingerprint density at radius 3 is 2.56 bits per heavy atom. The number of amides is 1. The van der Waals surface area contributed by atoms with Gasteiger partial charge in [0.2, 0.25) is 0 Å². The molecule has 1 aromatic carbocycles. The Morgan fingerprint density at radius 1 is 1.16 bits per heavy atom. The highest BCUT2D eigenvalue weighted by Gasteiger charge is 2.27. The van der Waals surface area contributed by atoms with E-state index in [4.69, 9.17) is 0 Å². The van der Waals surface area contributed by atoms with Crippen LogP contribution >= 0.6 is 0 Å². The van der Waals surface area contributed by atoms with E-state index in [-0.39, 0.29) is 28.9 Å². The van der Waals surface area contributed by atoms with Crippen molar-refractivity contribution in [3.05, 3.63) is 53.7 Å². The molecule has 25 heavy (non-hydrogen) atoms. The summed E-state index contributed by atoms with van der Waals surface area (Å²) in [5, 5.41) is 5.55. The van der Waals surface area contributed by atoms with Gasteiger partial charge in [-0.3, -0.25) is 4.79 Å². The van der Waals surface area contributed by atoms with E-state index in [1.165, 1.54) is 18.3 Å².